The highest BCUT2D eigenvalue weighted by Gasteiger charge is 2.20. The molecule has 1 amide bonds. The van der Waals surface area contributed by atoms with Crippen molar-refractivity contribution in [1.82, 2.24) is 9.97 Å². The Morgan fingerprint density at radius 3 is 2.38 bits per heavy atom. The summed E-state index contributed by atoms with van der Waals surface area (Å²) in [5.41, 5.74) is 5.28. The van der Waals surface area contributed by atoms with E-state index >= 15 is 0 Å². The van der Waals surface area contributed by atoms with Crippen LogP contribution in [0.5, 0.6) is 0 Å². The van der Waals surface area contributed by atoms with Crippen LogP contribution in [-0.2, 0) is 17.0 Å². The smallest absolute Gasteiger partial charge is 0.224 e. The molecule has 4 nitrogen and oxygen atoms in total. The summed E-state index contributed by atoms with van der Waals surface area (Å²) in [7, 11) is 0. The summed E-state index contributed by atoms with van der Waals surface area (Å²) in [6.45, 7) is 0. The minimum atomic E-state index is 0.0350. The largest absolute Gasteiger partial charge is 0.342 e. The van der Waals surface area contributed by atoms with E-state index in [0.717, 1.165) is 39.6 Å². The second-order valence-corrected chi connectivity index (χ2v) is 10.1. The summed E-state index contributed by atoms with van der Waals surface area (Å²) in [5.74, 6) is 2.50. The van der Waals surface area contributed by atoms with Gasteiger partial charge in [0, 0.05) is 23.0 Å². The van der Waals surface area contributed by atoms with Gasteiger partial charge in [-0.2, -0.15) is 0 Å². The van der Waals surface area contributed by atoms with Gasteiger partial charge in [0.1, 0.15) is 5.82 Å². The first-order valence-corrected chi connectivity index (χ1v) is 13.3. The number of aromatic nitrogens is 2. The third-order valence-corrected chi connectivity index (χ3v) is 7.71. The number of benzene rings is 3. The topological polar surface area (TPSA) is 57.8 Å². The molecule has 1 aliphatic carbocycles. The Bertz CT molecular complexity index is 1230. The number of aromatic amines is 1. The zero-order chi connectivity index (χ0) is 23.2. The molecule has 3 aromatic carbocycles. The van der Waals surface area contributed by atoms with Gasteiger partial charge in [0.05, 0.1) is 16.7 Å². The number of nitrogens with one attached hydrogen (secondary N) is 2. The quantitative estimate of drug-likeness (QED) is 0.263. The van der Waals surface area contributed by atoms with Crippen LogP contribution in [0.4, 0.5) is 5.69 Å². The molecule has 0 atom stereocenters. The Morgan fingerprint density at radius 1 is 0.941 bits per heavy atom. The van der Waals surface area contributed by atoms with Gasteiger partial charge in [-0.25, -0.2) is 4.98 Å². The zero-order valence-electron chi connectivity index (χ0n) is 19.4. The molecule has 1 saturated carbocycles. The van der Waals surface area contributed by atoms with Crippen molar-refractivity contribution in [3.8, 4) is 0 Å². The van der Waals surface area contributed by atoms with Crippen molar-refractivity contribution in [2.24, 2.45) is 0 Å². The van der Waals surface area contributed by atoms with E-state index in [9.17, 15) is 4.79 Å². The highest BCUT2D eigenvalue weighted by atomic mass is 32.2. The zero-order valence-corrected chi connectivity index (χ0v) is 20.2. The van der Waals surface area contributed by atoms with Gasteiger partial charge in [0.15, 0.2) is 0 Å². The van der Waals surface area contributed by atoms with Gasteiger partial charge >= 0.3 is 0 Å². The fourth-order valence-corrected chi connectivity index (χ4v) is 5.68. The highest BCUT2D eigenvalue weighted by molar-refractivity contribution is 7.98. The number of hydrogen-bond acceptors (Lipinski definition) is 3. The molecule has 0 saturated heterocycles. The number of aryl methyl sites for hydroxylation is 1. The van der Waals surface area contributed by atoms with Gasteiger partial charge in [-0.05, 0) is 42.5 Å². The Morgan fingerprint density at radius 2 is 1.65 bits per heavy atom. The first-order valence-electron chi connectivity index (χ1n) is 12.3. The standard InChI is InChI=1S/C29H31N3OS/c33-28(17-16-21-10-4-1-5-11-21)30-26-18-24-25(32-29(31-24)23-14-8-3-9-15-23)19-27(26)34-20-22-12-6-2-7-13-22/h1-2,4-7,10-13,18-19,23H,3,8-9,14-17,20H2,(H,30,33)(H,31,32). The monoisotopic (exact) mass is 469 g/mol. The van der Waals surface area contributed by atoms with Gasteiger partial charge in [-0.15, -0.1) is 11.8 Å². The van der Waals surface area contributed by atoms with Crippen molar-refractivity contribution < 1.29 is 4.79 Å². The van der Waals surface area contributed by atoms with Gasteiger partial charge in [0.25, 0.3) is 0 Å². The van der Waals surface area contributed by atoms with Crippen molar-refractivity contribution in [1.29, 1.82) is 0 Å². The average molecular weight is 470 g/mol. The molecule has 0 unspecified atom stereocenters. The minimum Gasteiger partial charge on any atom is -0.342 e. The van der Waals surface area contributed by atoms with Crippen LogP contribution < -0.4 is 5.32 Å². The lowest BCUT2D eigenvalue weighted by Crippen LogP contribution is -2.13. The molecule has 0 bridgehead atoms. The van der Waals surface area contributed by atoms with Crippen molar-refractivity contribution in [3.05, 3.63) is 89.7 Å². The number of fused-ring (bicyclic) bond motifs is 1. The van der Waals surface area contributed by atoms with Crippen LogP contribution in [0.2, 0.25) is 0 Å². The lowest BCUT2D eigenvalue weighted by atomic mass is 9.89. The summed E-state index contributed by atoms with van der Waals surface area (Å²) in [4.78, 5) is 22.5. The van der Waals surface area contributed by atoms with Gasteiger partial charge in [0.2, 0.25) is 5.91 Å². The Labute approximate surface area is 205 Å². The molecule has 5 rings (SSSR count). The van der Waals surface area contributed by atoms with E-state index in [1.54, 1.807) is 11.8 Å². The minimum absolute atomic E-state index is 0.0350. The lowest BCUT2D eigenvalue weighted by molar-refractivity contribution is -0.116. The second kappa shape index (κ2) is 10.9. The van der Waals surface area contributed by atoms with Crippen LogP contribution >= 0.6 is 11.8 Å². The number of anilines is 1. The SMILES string of the molecule is O=C(CCc1ccccc1)Nc1cc2nc(C3CCCCC3)[nH]c2cc1SCc1ccccc1. The molecule has 0 radical (unpaired) electrons. The maximum absolute atomic E-state index is 12.9. The first kappa shape index (κ1) is 22.7. The summed E-state index contributed by atoms with van der Waals surface area (Å²) in [6.07, 6.45) is 7.49. The van der Waals surface area contributed by atoms with E-state index in [1.807, 2.05) is 30.3 Å². The van der Waals surface area contributed by atoms with E-state index in [4.69, 9.17) is 4.98 Å². The Hall–Kier alpha value is -3.05. The Kier molecular flexibility index (Phi) is 7.30. The number of hydrogen-bond donors (Lipinski definition) is 2. The number of H-pyrrole nitrogens is 1. The lowest BCUT2D eigenvalue weighted by Gasteiger charge is -2.18. The molecular formula is C29H31N3OS. The summed E-state index contributed by atoms with van der Waals surface area (Å²) < 4.78 is 0. The third-order valence-electron chi connectivity index (χ3n) is 6.59. The maximum Gasteiger partial charge on any atom is 0.224 e. The Balaban J connectivity index is 1.37. The van der Waals surface area contributed by atoms with Crippen LogP contribution in [0, 0.1) is 0 Å². The van der Waals surface area contributed by atoms with E-state index in [1.165, 1.54) is 43.2 Å². The molecule has 1 aromatic heterocycles. The van der Waals surface area contributed by atoms with Crippen LogP contribution in [0.15, 0.2) is 77.7 Å². The summed E-state index contributed by atoms with van der Waals surface area (Å²) in [5, 5.41) is 3.18. The molecule has 0 spiro atoms. The van der Waals surface area contributed by atoms with E-state index in [0.29, 0.717) is 12.3 Å². The normalized spacial score (nSPS) is 14.4. The fraction of sp³-hybridized carbons (Fsp3) is 0.310. The maximum atomic E-state index is 12.9. The summed E-state index contributed by atoms with van der Waals surface area (Å²) in [6, 6.07) is 24.8. The number of carbonyl (C=O) groups is 1. The molecule has 0 aliphatic heterocycles. The van der Waals surface area contributed by atoms with Crippen molar-refractivity contribution in [2.45, 2.75) is 61.5 Å². The number of thioether (sulfide) groups is 1. The van der Waals surface area contributed by atoms with E-state index in [2.05, 4.69) is 52.8 Å². The molecule has 1 aliphatic rings. The number of nitrogens with zero attached hydrogens (tertiary/aromatic N) is 1. The van der Waals surface area contributed by atoms with Gasteiger partial charge in [-0.1, -0.05) is 79.9 Å². The fourth-order valence-electron chi connectivity index (χ4n) is 4.69. The van der Waals surface area contributed by atoms with E-state index < -0.39 is 0 Å². The number of carbonyl (C=O) groups excluding carboxylic acids is 1. The van der Waals surface area contributed by atoms with Crippen LogP contribution in [0.1, 0.15) is 61.4 Å². The molecule has 5 heteroatoms. The summed E-state index contributed by atoms with van der Waals surface area (Å²) >= 11 is 1.75. The molecule has 4 aromatic rings. The van der Waals surface area contributed by atoms with Gasteiger partial charge < -0.3 is 10.3 Å². The molecular weight excluding hydrogens is 438 g/mol. The number of imidazole rings is 1. The van der Waals surface area contributed by atoms with Crippen LogP contribution in [-0.4, -0.2) is 15.9 Å². The first-order chi connectivity index (χ1) is 16.7. The van der Waals surface area contributed by atoms with Crippen molar-refractivity contribution >= 4 is 34.4 Å². The molecule has 174 valence electrons. The van der Waals surface area contributed by atoms with Crippen molar-refractivity contribution in [2.75, 3.05) is 5.32 Å². The predicted octanol–water partition coefficient (Wildman–Crippen LogP) is 7.47. The average Bonchev–Trinajstić information content (AvgIpc) is 3.31. The molecule has 1 heterocycles. The molecule has 1 fully saturated rings. The molecule has 2 N–H and O–H groups in total. The van der Waals surface area contributed by atoms with E-state index in [-0.39, 0.29) is 5.91 Å². The van der Waals surface area contributed by atoms with Gasteiger partial charge in [-0.3, -0.25) is 4.79 Å². The number of rotatable bonds is 8. The van der Waals surface area contributed by atoms with Crippen LogP contribution in [0.25, 0.3) is 11.0 Å². The van der Waals surface area contributed by atoms with Crippen LogP contribution in [0.3, 0.4) is 0 Å². The predicted molar refractivity (Wildman–Crippen MR) is 141 cm³/mol. The highest BCUT2D eigenvalue weighted by Crippen LogP contribution is 2.36. The second-order valence-electron chi connectivity index (χ2n) is 9.13. The molecule has 34 heavy (non-hydrogen) atoms. The number of amides is 1. The van der Waals surface area contributed by atoms with Crippen molar-refractivity contribution in [3.63, 3.8) is 0 Å². The third kappa shape index (κ3) is 5.71.